The van der Waals surface area contributed by atoms with Crippen LogP contribution < -0.4 is 15.0 Å². The Morgan fingerprint density at radius 2 is 1.75 bits per heavy atom. The van der Waals surface area contributed by atoms with E-state index in [1.54, 1.807) is 38.3 Å². The summed E-state index contributed by atoms with van der Waals surface area (Å²) in [6.07, 6.45) is 4.76. The van der Waals surface area contributed by atoms with Crippen LogP contribution in [0.5, 0.6) is 11.6 Å². The van der Waals surface area contributed by atoms with Gasteiger partial charge in [0.2, 0.25) is 21.9 Å². The van der Waals surface area contributed by atoms with E-state index < -0.39 is 15.3 Å². The van der Waals surface area contributed by atoms with Crippen molar-refractivity contribution in [1.29, 1.82) is 10.5 Å². The minimum Gasteiger partial charge on any atom is -0.438 e. The Balaban J connectivity index is 1.47. The van der Waals surface area contributed by atoms with Crippen LogP contribution in [0.1, 0.15) is 36.1 Å². The summed E-state index contributed by atoms with van der Waals surface area (Å²) in [5.74, 6) is 1.34. The zero-order valence-corrected chi connectivity index (χ0v) is 23.7. The number of aryl methyl sites for hydroxylation is 2. The van der Waals surface area contributed by atoms with Gasteiger partial charge in [-0.05, 0) is 80.8 Å². The third kappa shape index (κ3) is 6.40. The number of sulfonamides is 1. The van der Waals surface area contributed by atoms with E-state index in [4.69, 9.17) is 10.00 Å². The lowest BCUT2D eigenvalue weighted by molar-refractivity contribution is 0.381. The van der Waals surface area contributed by atoms with E-state index in [9.17, 15) is 13.7 Å². The second-order valence-electron chi connectivity index (χ2n) is 9.72. The van der Waals surface area contributed by atoms with Crippen LogP contribution in [0.15, 0.2) is 48.7 Å². The number of hydrogen-bond donors (Lipinski definition) is 1. The molecule has 1 fully saturated rings. The molecule has 3 aromatic rings. The monoisotopic (exact) mass is 557 g/mol. The number of aromatic nitrogens is 2. The summed E-state index contributed by atoms with van der Waals surface area (Å²) < 4.78 is 32.6. The second kappa shape index (κ2) is 12.2. The van der Waals surface area contributed by atoms with Gasteiger partial charge in [-0.25, -0.2) is 13.4 Å². The molecule has 11 heteroatoms. The molecular formula is C29H31N7O3S. The summed E-state index contributed by atoms with van der Waals surface area (Å²) >= 11 is 0. The average Bonchev–Trinajstić information content (AvgIpc) is 2.94. The molecule has 40 heavy (non-hydrogen) atoms. The number of nitrogens with one attached hydrogen (secondary N) is 1. The molecule has 1 N–H and O–H groups in total. The lowest BCUT2D eigenvalue weighted by atomic mass is 10.1. The van der Waals surface area contributed by atoms with E-state index in [1.807, 2.05) is 49.1 Å². The number of piperazine rings is 1. The largest absolute Gasteiger partial charge is 0.438 e. The number of rotatable bonds is 8. The van der Waals surface area contributed by atoms with E-state index in [1.165, 1.54) is 10.4 Å². The van der Waals surface area contributed by atoms with Crippen LogP contribution in [0.2, 0.25) is 0 Å². The lowest BCUT2D eigenvalue weighted by Crippen LogP contribution is -2.50. The molecule has 0 bridgehead atoms. The SMILES string of the molecule is Cc1cc(C=CC#N)cc(C)c1Oc1ccnc(Nc2ccc(N3CCN(S(=O)(=O)C(C)C)CC3)c(C#N)c2)n1. The number of ether oxygens (including phenoxy) is 1. The van der Waals surface area contributed by atoms with Crippen LogP contribution in [-0.4, -0.2) is 54.1 Å². The molecule has 1 aliphatic heterocycles. The Labute approximate surface area is 235 Å². The minimum absolute atomic E-state index is 0.311. The van der Waals surface area contributed by atoms with Crippen molar-refractivity contribution in [2.75, 3.05) is 36.4 Å². The molecule has 0 saturated carbocycles. The Kier molecular flexibility index (Phi) is 8.68. The predicted octanol–water partition coefficient (Wildman–Crippen LogP) is 4.90. The molecule has 0 aliphatic carbocycles. The molecule has 0 unspecified atom stereocenters. The highest BCUT2D eigenvalue weighted by Crippen LogP contribution is 2.31. The van der Waals surface area contributed by atoms with E-state index in [2.05, 4.69) is 21.4 Å². The van der Waals surface area contributed by atoms with Crippen LogP contribution in [0.25, 0.3) is 6.08 Å². The standard InChI is InChI=1S/C29H31N7O3S/c1-20(2)40(37,38)36-14-12-35(13-15-36)26-8-7-25(18-24(26)19-31)33-29-32-11-9-27(34-29)39-28-21(3)16-23(6-5-10-30)17-22(28)4/h5-9,11,16-18,20H,12-15H2,1-4H3,(H,32,33,34). The molecule has 4 rings (SSSR count). The number of nitrogens with zero attached hydrogens (tertiary/aromatic N) is 6. The van der Waals surface area contributed by atoms with Gasteiger partial charge >= 0.3 is 0 Å². The van der Waals surface area contributed by atoms with Crippen molar-refractivity contribution in [2.24, 2.45) is 0 Å². The molecule has 1 aromatic heterocycles. The first-order valence-electron chi connectivity index (χ1n) is 12.9. The molecular weight excluding hydrogens is 526 g/mol. The van der Waals surface area contributed by atoms with Gasteiger partial charge in [-0.1, -0.05) is 0 Å². The second-order valence-corrected chi connectivity index (χ2v) is 12.2. The van der Waals surface area contributed by atoms with Gasteiger partial charge in [-0.3, -0.25) is 0 Å². The number of benzene rings is 2. The summed E-state index contributed by atoms with van der Waals surface area (Å²) in [4.78, 5) is 10.8. The summed E-state index contributed by atoms with van der Waals surface area (Å²) in [5, 5.41) is 21.3. The van der Waals surface area contributed by atoms with Gasteiger partial charge in [0, 0.05) is 50.2 Å². The highest BCUT2D eigenvalue weighted by atomic mass is 32.2. The van der Waals surface area contributed by atoms with Crippen molar-refractivity contribution in [3.63, 3.8) is 0 Å². The van der Waals surface area contributed by atoms with Crippen molar-refractivity contribution >= 4 is 33.4 Å². The third-order valence-electron chi connectivity index (χ3n) is 6.58. The van der Waals surface area contributed by atoms with Crippen LogP contribution in [0, 0.1) is 36.5 Å². The Morgan fingerprint density at radius 3 is 2.38 bits per heavy atom. The fourth-order valence-electron chi connectivity index (χ4n) is 4.53. The first-order valence-corrected chi connectivity index (χ1v) is 14.4. The molecule has 0 amide bonds. The third-order valence-corrected chi connectivity index (χ3v) is 8.85. The summed E-state index contributed by atoms with van der Waals surface area (Å²) in [6.45, 7) is 9.00. The molecule has 1 aliphatic rings. The zero-order chi connectivity index (χ0) is 28.9. The molecule has 0 radical (unpaired) electrons. The van der Waals surface area contributed by atoms with Crippen molar-refractivity contribution < 1.29 is 13.2 Å². The van der Waals surface area contributed by atoms with Crippen LogP contribution in [-0.2, 0) is 10.0 Å². The van der Waals surface area contributed by atoms with Gasteiger partial charge in [0.25, 0.3) is 0 Å². The van der Waals surface area contributed by atoms with Gasteiger partial charge < -0.3 is 15.0 Å². The van der Waals surface area contributed by atoms with E-state index in [-0.39, 0.29) is 0 Å². The number of anilines is 3. The normalized spacial score (nSPS) is 14.2. The Morgan fingerprint density at radius 1 is 1.05 bits per heavy atom. The predicted molar refractivity (Wildman–Crippen MR) is 155 cm³/mol. The van der Waals surface area contributed by atoms with Crippen molar-refractivity contribution in [2.45, 2.75) is 32.9 Å². The minimum atomic E-state index is -3.30. The van der Waals surface area contributed by atoms with E-state index in [0.717, 1.165) is 22.4 Å². The van der Waals surface area contributed by atoms with Crippen molar-refractivity contribution in [1.82, 2.24) is 14.3 Å². The lowest BCUT2D eigenvalue weighted by Gasteiger charge is -2.36. The highest BCUT2D eigenvalue weighted by Gasteiger charge is 2.30. The molecule has 2 aromatic carbocycles. The maximum absolute atomic E-state index is 12.5. The molecule has 206 valence electrons. The molecule has 1 saturated heterocycles. The average molecular weight is 558 g/mol. The fraction of sp³-hybridized carbons (Fsp3) is 0.310. The summed E-state index contributed by atoms with van der Waals surface area (Å²) in [5.41, 5.74) is 4.58. The number of nitriles is 2. The van der Waals surface area contributed by atoms with Gasteiger partial charge in [0.1, 0.15) is 11.8 Å². The van der Waals surface area contributed by atoms with Crippen LogP contribution >= 0.6 is 0 Å². The highest BCUT2D eigenvalue weighted by molar-refractivity contribution is 7.89. The smallest absolute Gasteiger partial charge is 0.230 e. The fourth-order valence-corrected chi connectivity index (χ4v) is 5.80. The van der Waals surface area contributed by atoms with Crippen molar-refractivity contribution in [3.05, 3.63) is 70.9 Å². The van der Waals surface area contributed by atoms with Crippen LogP contribution in [0.3, 0.4) is 0 Å². The van der Waals surface area contributed by atoms with E-state index in [0.29, 0.717) is 55.0 Å². The quantitative estimate of drug-likeness (QED) is 0.384. The van der Waals surface area contributed by atoms with Gasteiger partial charge in [0.15, 0.2) is 0 Å². The van der Waals surface area contributed by atoms with Gasteiger partial charge in [-0.2, -0.15) is 19.8 Å². The number of allylic oxidation sites excluding steroid dienone is 1. The van der Waals surface area contributed by atoms with Crippen LogP contribution in [0.4, 0.5) is 17.3 Å². The molecule has 2 heterocycles. The first kappa shape index (κ1) is 28.6. The topological polar surface area (TPSA) is 135 Å². The number of hydrogen-bond acceptors (Lipinski definition) is 9. The molecule has 0 atom stereocenters. The zero-order valence-electron chi connectivity index (χ0n) is 22.9. The summed E-state index contributed by atoms with van der Waals surface area (Å²) in [7, 11) is -3.30. The maximum atomic E-state index is 12.5. The van der Waals surface area contributed by atoms with Gasteiger partial charge in [-0.15, -0.1) is 0 Å². The maximum Gasteiger partial charge on any atom is 0.230 e. The molecule has 0 spiro atoms. The van der Waals surface area contributed by atoms with Gasteiger partial charge in [0.05, 0.1) is 22.6 Å². The van der Waals surface area contributed by atoms with Crippen molar-refractivity contribution in [3.8, 4) is 23.8 Å². The Hall–Kier alpha value is -4.45. The molecule has 10 nitrogen and oxygen atoms in total. The van der Waals surface area contributed by atoms with E-state index >= 15 is 0 Å². The summed E-state index contributed by atoms with van der Waals surface area (Å²) in [6, 6.07) is 15.2. The first-order chi connectivity index (χ1) is 19.1. The Bertz CT molecular complexity index is 1590.